The average molecular weight is 347 g/mol. The highest BCUT2D eigenvalue weighted by molar-refractivity contribution is 6.08. The third-order valence-electron chi connectivity index (χ3n) is 4.03. The normalized spacial score (nSPS) is 14.7. The summed E-state index contributed by atoms with van der Waals surface area (Å²) in [6.45, 7) is 0. The van der Waals surface area contributed by atoms with Gasteiger partial charge in [-0.3, -0.25) is 4.79 Å². The van der Waals surface area contributed by atoms with E-state index in [1.807, 2.05) is 6.07 Å². The summed E-state index contributed by atoms with van der Waals surface area (Å²) in [7, 11) is 0. The van der Waals surface area contributed by atoms with E-state index in [1.165, 1.54) is 23.0 Å². The van der Waals surface area contributed by atoms with Gasteiger partial charge in [-0.15, -0.1) is 13.2 Å². The second-order valence-corrected chi connectivity index (χ2v) is 5.88. The lowest BCUT2D eigenvalue weighted by Crippen LogP contribution is -2.17. The number of alkyl halides is 3. The van der Waals surface area contributed by atoms with Gasteiger partial charge in [0.05, 0.1) is 0 Å². The minimum atomic E-state index is -4.77. The second kappa shape index (κ2) is 5.58. The molecule has 2 heterocycles. The van der Waals surface area contributed by atoms with Crippen LogP contribution in [0.5, 0.6) is 5.75 Å². The van der Waals surface area contributed by atoms with Gasteiger partial charge in [0.2, 0.25) is 5.78 Å². The van der Waals surface area contributed by atoms with Crippen LogP contribution < -0.4 is 4.74 Å². The van der Waals surface area contributed by atoms with Crippen molar-refractivity contribution in [3.8, 4) is 5.75 Å². The Labute approximate surface area is 140 Å². The zero-order valence-electron chi connectivity index (χ0n) is 12.8. The molecule has 0 amide bonds. The van der Waals surface area contributed by atoms with E-state index in [-0.39, 0.29) is 17.1 Å². The van der Waals surface area contributed by atoms with Crippen LogP contribution in [0.4, 0.5) is 13.2 Å². The van der Waals surface area contributed by atoms with Crippen molar-refractivity contribution in [2.45, 2.75) is 25.1 Å². The molecular weight excluding hydrogens is 335 g/mol. The monoisotopic (exact) mass is 347 g/mol. The molecule has 8 heteroatoms. The quantitative estimate of drug-likeness (QED) is 0.675. The number of carbonyl (C=O) groups is 1. The fourth-order valence-electron chi connectivity index (χ4n) is 2.71. The van der Waals surface area contributed by atoms with Crippen LogP contribution in [0.15, 0.2) is 42.7 Å². The molecule has 0 radical (unpaired) electrons. The Balaban J connectivity index is 1.68. The van der Waals surface area contributed by atoms with Crippen LogP contribution in [0.2, 0.25) is 0 Å². The van der Waals surface area contributed by atoms with Crippen molar-refractivity contribution in [3.63, 3.8) is 0 Å². The molecule has 25 heavy (non-hydrogen) atoms. The van der Waals surface area contributed by atoms with E-state index in [2.05, 4.69) is 14.8 Å². The third kappa shape index (κ3) is 3.19. The molecule has 4 rings (SSSR count). The number of hydrogen-bond donors (Lipinski definition) is 0. The fourth-order valence-corrected chi connectivity index (χ4v) is 2.71. The summed E-state index contributed by atoms with van der Waals surface area (Å²) in [4.78, 5) is 16.9. The van der Waals surface area contributed by atoms with Crippen molar-refractivity contribution < 1.29 is 22.7 Å². The summed E-state index contributed by atoms with van der Waals surface area (Å²) in [5, 5.41) is 4.06. The number of aromatic nitrogens is 3. The summed E-state index contributed by atoms with van der Waals surface area (Å²) in [6.07, 6.45) is -1.26. The van der Waals surface area contributed by atoms with Crippen LogP contribution in [-0.2, 0) is 0 Å². The molecular formula is C17H12F3N3O2. The number of carbonyl (C=O) groups excluding carboxylic acids is 1. The Morgan fingerprint density at radius 3 is 2.52 bits per heavy atom. The van der Waals surface area contributed by atoms with Gasteiger partial charge in [0.25, 0.3) is 0 Å². The van der Waals surface area contributed by atoms with E-state index in [0.29, 0.717) is 17.3 Å². The molecule has 0 atom stereocenters. The highest BCUT2D eigenvalue weighted by atomic mass is 19.4. The number of ether oxygens (including phenoxy) is 1. The molecule has 1 saturated carbocycles. The van der Waals surface area contributed by atoms with E-state index in [4.69, 9.17) is 0 Å². The number of fused-ring (bicyclic) bond motifs is 1. The topological polar surface area (TPSA) is 56.5 Å². The number of hydrogen-bond acceptors (Lipinski definition) is 4. The lowest BCUT2D eigenvalue weighted by molar-refractivity contribution is -0.274. The van der Waals surface area contributed by atoms with E-state index in [9.17, 15) is 18.0 Å². The Bertz CT molecular complexity index is 944. The zero-order chi connectivity index (χ0) is 17.6. The standard InChI is InChI=1S/C17H12F3N3O2/c18-17(19,20)25-13-5-3-11(4-6-13)16(24)14-7-12(10-1-2-10)8-15-21-9-22-23(14)15/h3-10H,1-2H2. The van der Waals surface area contributed by atoms with Crippen LogP contribution >= 0.6 is 0 Å². The number of rotatable bonds is 4. The van der Waals surface area contributed by atoms with Gasteiger partial charge >= 0.3 is 6.36 Å². The molecule has 0 bridgehead atoms. The van der Waals surface area contributed by atoms with Gasteiger partial charge in [-0.2, -0.15) is 5.10 Å². The largest absolute Gasteiger partial charge is 0.573 e. The Morgan fingerprint density at radius 1 is 1.16 bits per heavy atom. The summed E-state index contributed by atoms with van der Waals surface area (Å²) in [6, 6.07) is 8.52. The average Bonchev–Trinajstić information content (AvgIpc) is 3.30. The molecule has 0 N–H and O–H groups in total. The number of nitrogens with zero attached hydrogens (tertiary/aromatic N) is 3. The van der Waals surface area contributed by atoms with Gasteiger partial charge in [-0.25, -0.2) is 9.50 Å². The summed E-state index contributed by atoms with van der Waals surface area (Å²) >= 11 is 0. The van der Waals surface area contributed by atoms with Gasteiger partial charge in [0.15, 0.2) is 5.65 Å². The molecule has 128 valence electrons. The van der Waals surface area contributed by atoms with E-state index < -0.39 is 6.36 Å². The number of benzene rings is 1. The van der Waals surface area contributed by atoms with Gasteiger partial charge in [0.1, 0.15) is 17.8 Å². The Kier molecular flexibility index (Phi) is 3.48. The van der Waals surface area contributed by atoms with Crippen molar-refractivity contribution in [2.24, 2.45) is 0 Å². The van der Waals surface area contributed by atoms with E-state index in [1.54, 1.807) is 6.07 Å². The first-order valence-corrected chi connectivity index (χ1v) is 7.65. The maximum atomic E-state index is 12.8. The summed E-state index contributed by atoms with van der Waals surface area (Å²) < 4.78 is 41.9. The number of ketones is 1. The molecule has 1 aromatic carbocycles. The minimum absolute atomic E-state index is 0.249. The van der Waals surface area contributed by atoms with Crippen LogP contribution in [-0.4, -0.2) is 26.7 Å². The molecule has 2 aromatic heterocycles. The zero-order valence-corrected chi connectivity index (χ0v) is 12.8. The lowest BCUT2D eigenvalue weighted by Gasteiger charge is -2.10. The third-order valence-corrected chi connectivity index (χ3v) is 4.03. The summed E-state index contributed by atoms with van der Waals surface area (Å²) in [5.74, 6) is -0.283. The predicted molar refractivity (Wildman–Crippen MR) is 81.5 cm³/mol. The van der Waals surface area contributed by atoms with Gasteiger partial charge in [0, 0.05) is 5.56 Å². The molecule has 5 nitrogen and oxygen atoms in total. The maximum absolute atomic E-state index is 12.8. The van der Waals surface area contributed by atoms with E-state index >= 15 is 0 Å². The van der Waals surface area contributed by atoms with Crippen molar-refractivity contribution >= 4 is 11.4 Å². The first kappa shape index (κ1) is 15.6. The van der Waals surface area contributed by atoms with Gasteiger partial charge < -0.3 is 4.74 Å². The van der Waals surface area contributed by atoms with Crippen molar-refractivity contribution in [2.75, 3.05) is 0 Å². The van der Waals surface area contributed by atoms with Crippen molar-refractivity contribution in [3.05, 3.63) is 59.5 Å². The first-order valence-electron chi connectivity index (χ1n) is 7.65. The second-order valence-electron chi connectivity index (χ2n) is 5.88. The van der Waals surface area contributed by atoms with Gasteiger partial charge in [-0.05, 0) is 60.7 Å². The lowest BCUT2D eigenvalue weighted by atomic mass is 10.0. The SMILES string of the molecule is O=C(c1ccc(OC(F)(F)F)cc1)c1cc(C2CC2)cc2ncnn12. The van der Waals surface area contributed by atoms with Gasteiger partial charge in [-0.1, -0.05) is 0 Å². The summed E-state index contributed by atoms with van der Waals surface area (Å²) in [5.41, 5.74) is 2.19. The van der Waals surface area contributed by atoms with Crippen LogP contribution in [0.25, 0.3) is 5.65 Å². The molecule has 1 aliphatic carbocycles. The molecule has 1 fully saturated rings. The number of halogens is 3. The maximum Gasteiger partial charge on any atom is 0.573 e. The van der Waals surface area contributed by atoms with E-state index in [0.717, 1.165) is 30.5 Å². The molecule has 0 unspecified atom stereocenters. The van der Waals surface area contributed by atoms with Crippen molar-refractivity contribution in [1.29, 1.82) is 0 Å². The van der Waals surface area contributed by atoms with Crippen LogP contribution in [0.1, 0.15) is 40.4 Å². The highest BCUT2D eigenvalue weighted by Crippen LogP contribution is 2.40. The number of pyridine rings is 1. The fraction of sp³-hybridized carbons (Fsp3) is 0.235. The van der Waals surface area contributed by atoms with Crippen LogP contribution in [0.3, 0.4) is 0 Å². The molecule has 0 spiro atoms. The molecule has 3 aromatic rings. The first-order chi connectivity index (χ1) is 11.9. The highest BCUT2D eigenvalue weighted by Gasteiger charge is 2.31. The molecule has 0 aliphatic heterocycles. The predicted octanol–water partition coefficient (Wildman–Crippen LogP) is 3.74. The smallest absolute Gasteiger partial charge is 0.406 e. The van der Waals surface area contributed by atoms with Crippen molar-refractivity contribution in [1.82, 2.24) is 14.6 Å². The molecule has 0 saturated heterocycles. The molecule has 1 aliphatic rings. The van der Waals surface area contributed by atoms with Crippen LogP contribution in [0, 0.1) is 0 Å². The Hall–Kier alpha value is -2.90. The minimum Gasteiger partial charge on any atom is -0.406 e. The Morgan fingerprint density at radius 2 is 1.88 bits per heavy atom.